The van der Waals surface area contributed by atoms with Gasteiger partial charge >= 0.3 is 0 Å². The molecule has 0 unspecified atom stereocenters. The Kier molecular flexibility index (Phi) is 9.43. The zero-order valence-corrected chi connectivity index (χ0v) is 23.8. The highest BCUT2D eigenvalue weighted by Crippen LogP contribution is 2.28. The van der Waals surface area contributed by atoms with Crippen LogP contribution in [0.1, 0.15) is 0 Å². The SMILES string of the molecule is COCCN(CC(=O)Nc1nc(-c2cccc(OC)c2)cn1-c1ccc(OC)cc1)S(=O)(=O)c1ccc(Cl)cc1. The number of nitrogens with one attached hydrogen (secondary N) is 1. The molecule has 1 amide bonds. The first-order valence-electron chi connectivity index (χ1n) is 12.2. The lowest BCUT2D eigenvalue weighted by molar-refractivity contribution is -0.116. The quantitative estimate of drug-likeness (QED) is 0.261. The molecule has 3 aromatic carbocycles. The van der Waals surface area contributed by atoms with Gasteiger partial charge in [-0.15, -0.1) is 0 Å². The van der Waals surface area contributed by atoms with Gasteiger partial charge in [-0.3, -0.25) is 14.7 Å². The average Bonchev–Trinajstić information content (AvgIpc) is 3.39. The maximum Gasteiger partial charge on any atom is 0.243 e. The Morgan fingerprint density at radius 1 is 0.975 bits per heavy atom. The molecular weight excluding hydrogens is 556 g/mol. The molecular formula is C28H29ClN4O6S. The number of nitrogens with zero attached hydrogens (tertiary/aromatic N) is 3. The van der Waals surface area contributed by atoms with Crippen LogP contribution < -0.4 is 14.8 Å². The maximum atomic E-state index is 13.3. The van der Waals surface area contributed by atoms with Gasteiger partial charge in [-0.05, 0) is 60.7 Å². The highest BCUT2D eigenvalue weighted by Gasteiger charge is 2.27. The summed E-state index contributed by atoms with van der Waals surface area (Å²) in [4.78, 5) is 17.9. The molecule has 1 heterocycles. The standard InChI is InChI=1S/C28H29ClN4O6S/c1-37-16-15-32(40(35,36)25-13-7-21(29)8-14-25)19-27(34)31-28-30-26(20-5-4-6-24(17-20)39-3)18-33(28)22-9-11-23(38-2)12-10-22/h4-14,17-18H,15-16,19H2,1-3H3,(H,30,31,34). The second-order valence-electron chi connectivity index (χ2n) is 8.58. The van der Waals surface area contributed by atoms with Crippen molar-refractivity contribution in [2.45, 2.75) is 4.90 Å². The van der Waals surface area contributed by atoms with E-state index in [9.17, 15) is 13.2 Å². The molecule has 0 aliphatic heterocycles. The van der Waals surface area contributed by atoms with Gasteiger partial charge < -0.3 is 14.2 Å². The van der Waals surface area contributed by atoms with Gasteiger partial charge in [-0.1, -0.05) is 23.7 Å². The summed E-state index contributed by atoms with van der Waals surface area (Å²) in [6, 6.07) is 20.3. The minimum atomic E-state index is -4.01. The monoisotopic (exact) mass is 584 g/mol. The fourth-order valence-corrected chi connectivity index (χ4v) is 5.39. The molecule has 0 aliphatic rings. The van der Waals surface area contributed by atoms with Crippen molar-refractivity contribution in [3.8, 4) is 28.4 Å². The summed E-state index contributed by atoms with van der Waals surface area (Å²) in [5.41, 5.74) is 2.06. The molecule has 4 aromatic rings. The van der Waals surface area contributed by atoms with E-state index in [1.807, 2.05) is 36.4 Å². The molecule has 0 saturated heterocycles. The number of hydrogen-bond donors (Lipinski definition) is 1. The van der Waals surface area contributed by atoms with E-state index in [1.165, 1.54) is 31.4 Å². The Morgan fingerprint density at radius 2 is 1.68 bits per heavy atom. The molecule has 10 nitrogen and oxygen atoms in total. The first-order valence-corrected chi connectivity index (χ1v) is 14.0. The maximum absolute atomic E-state index is 13.3. The third-order valence-electron chi connectivity index (χ3n) is 5.99. The molecule has 0 bridgehead atoms. The normalized spacial score (nSPS) is 11.4. The number of aromatic nitrogens is 2. The largest absolute Gasteiger partial charge is 0.497 e. The van der Waals surface area contributed by atoms with Gasteiger partial charge in [0.05, 0.1) is 38.0 Å². The van der Waals surface area contributed by atoms with Crippen LogP contribution in [0, 0.1) is 0 Å². The summed E-state index contributed by atoms with van der Waals surface area (Å²) in [7, 11) is 0.596. The summed E-state index contributed by atoms with van der Waals surface area (Å²) >= 11 is 5.93. The molecule has 40 heavy (non-hydrogen) atoms. The van der Waals surface area contributed by atoms with Crippen LogP contribution in [-0.2, 0) is 19.6 Å². The van der Waals surface area contributed by atoms with Crippen molar-refractivity contribution in [1.82, 2.24) is 13.9 Å². The minimum Gasteiger partial charge on any atom is -0.497 e. The lowest BCUT2D eigenvalue weighted by Gasteiger charge is -2.21. The van der Waals surface area contributed by atoms with Crippen LogP contribution >= 0.6 is 11.6 Å². The second-order valence-corrected chi connectivity index (χ2v) is 11.0. The van der Waals surface area contributed by atoms with E-state index in [0.717, 1.165) is 9.87 Å². The molecule has 0 saturated carbocycles. The van der Waals surface area contributed by atoms with E-state index < -0.39 is 22.5 Å². The van der Waals surface area contributed by atoms with Crippen molar-refractivity contribution in [2.24, 2.45) is 0 Å². The van der Waals surface area contributed by atoms with Gasteiger partial charge in [-0.25, -0.2) is 13.4 Å². The van der Waals surface area contributed by atoms with E-state index >= 15 is 0 Å². The number of ether oxygens (including phenoxy) is 3. The van der Waals surface area contributed by atoms with Crippen LogP contribution in [-0.4, -0.2) is 69.2 Å². The first kappa shape index (κ1) is 29.1. The number of sulfonamides is 1. The molecule has 4 rings (SSSR count). The molecule has 0 atom stereocenters. The van der Waals surface area contributed by atoms with Crippen LogP contribution in [0.3, 0.4) is 0 Å². The van der Waals surface area contributed by atoms with E-state index in [0.29, 0.717) is 27.9 Å². The van der Waals surface area contributed by atoms with Crippen LogP contribution in [0.2, 0.25) is 5.02 Å². The summed E-state index contributed by atoms with van der Waals surface area (Å²) in [6.07, 6.45) is 1.78. The van der Waals surface area contributed by atoms with E-state index in [2.05, 4.69) is 10.3 Å². The lowest BCUT2D eigenvalue weighted by atomic mass is 10.1. The van der Waals surface area contributed by atoms with E-state index in [1.54, 1.807) is 37.1 Å². The molecule has 1 aromatic heterocycles. The third kappa shape index (κ3) is 6.80. The van der Waals surface area contributed by atoms with Crippen molar-refractivity contribution in [3.63, 3.8) is 0 Å². The first-order chi connectivity index (χ1) is 19.2. The number of methoxy groups -OCH3 is 3. The highest BCUT2D eigenvalue weighted by molar-refractivity contribution is 7.89. The number of hydrogen-bond acceptors (Lipinski definition) is 7. The van der Waals surface area contributed by atoms with Crippen molar-refractivity contribution >= 4 is 33.5 Å². The predicted molar refractivity (Wildman–Crippen MR) is 153 cm³/mol. The summed E-state index contributed by atoms with van der Waals surface area (Å²) in [5, 5.41) is 3.18. The molecule has 0 aliphatic carbocycles. The Labute approximate surface area is 238 Å². The van der Waals surface area contributed by atoms with Gasteiger partial charge in [0, 0.05) is 36.1 Å². The number of amides is 1. The molecule has 12 heteroatoms. The van der Waals surface area contributed by atoms with Crippen LogP contribution in [0.5, 0.6) is 11.5 Å². The zero-order chi connectivity index (χ0) is 28.7. The van der Waals surface area contributed by atoms with E-state index in [-0.39, 0.29) is 24.0 Å². The highest BCUT2D eigenvalue weighted by atomic mass is 35.5. The average molecular weight is 585 g/mol. The van der Waals surface area contributed by atoms with Gasteiger partial charge in [0.2, 0.25) is 21.9 Å². The van der Waals surface area contributed by atoms with Gasteiger partial charge in [0.15, 0.2) is 0 Å². The van der Waals surface area contributed by atoms with Crippen molar-refractivity contribution < 1.29 is 27.4 Å². The smallest absolute Gasteiger partial charge is 0.243 e. The Balaban J connectivity index is 1.66. The summed E-state index contributed by atoms with van der Waals surface area (Å²) in [5.74, 6) is 0.960. The summed E-state index contributed by atoms with van der Waals surface area (Å²) in [6.45, 7) is -0.393. The third-order valence-corrected chi connectivity index (χ3v) is 8.10. The molecule has 0 fully saturated rings. The number of rotatable bonds is 12. The Bertz CT molecular complexity index is 1560. The van der Waals surface area contributed by atoms with Gasteiger partial charge in [0.25, 0.3) is 0 Å². The van der Waals surface area contributed by atoms with Gasteiger partial charge in [-0.2, -0.15) is 4.31 Å². The second kappa shape index (κ2) is 13.0. The molecule has 1 N–H and O–H groups in total. The molecule has 210 valence electrons. The minimum absolute atomic E-state index is 0.0147. The van der Waals surface area contributed by atoms with Crippen molar-refractivity contribution in [2.75, 3.05) is 46.3 Å². The Morgan fingerprint density at radius 3 is 2.33 bits per heavy atom. The Hall–Kier alpha value is -3.90. The van der Waals surface area contributed by atoms with Crippen LogP contribution in [0.25, 0.3) is 16.9 Å². The lowest BCUT2D eigenvalue weighted by Crippen LogP contribution is -2.40. The fraction of sp³-hybridized carbons (Fsp3) is 0.214. The predicted octanol–water partition coefficient (Wildman–Crippen LogP) is 4.49. The fourth-order valence-electron chi connectivity index (χ4n) is 3.89. The van der Waals surface area contributed by atoms with Crippen LogP contribution in [0.15, 0.2) is 83.9 Å². The molecule has 0 spiro atoms. The number of anilines is 1. The van der Waals surface area contributed by atoms with Crippen molar-refractivity contribution in [1.29, 1.82) is 0 Å². The number of benzene rings is 3. The van der Waals surface area contributed by atoms with Crippen LogP contribution in [0.4, 0.5) is 5.95 Å². The topological polar surface area (TPSA) is 112 Å². The number of imidazole rings is 1. The number of halogens is 1. The molecule has 0 radical (unpaired) electrons. The number of carbonyl (C=O) groups excluding carboxylic acids is 1. The summed E-state index contributed by atoms with van der Waals surface area (Å²) < 4.78 is 45.1. The van der Waals surface area contributed by atoms with Crippen molar-refractivity contribution in [3.05, 3.63) is 84.0 Å². The van der Waals surface area contributed by atoms with E-state index in [4.69, 9.17) is 25.8 Å². The zero-order valence-electron chi connectivity index (χ0n) is 22.2. The van der Waals surface area contributed by atoms with Gasteiger partial charge in [0.1, 0.15) is 11.5 Å². The number of carbonyl (C=O) groups is 1.